The highest BCUT2D eigenvalue weighted by molar-refractivity contribution is 7.11. The first kappa shape index (κ1) is 15.2. The Morgan fingerprint density at radius 1 is 1.55 bits per heavy atom. The fraction of sp³-hybridized carbons (Fsp3) is 0.500. The summed E-state index contributed by atoms with van der Waals surface area (Å²) < 4.78 is 10.5. The van der Waals surface area contributed by atoms with Gasteiger partial charge in [-0.25, -0.2) is 4.98 Å². The number of ether oxygens (including phenoxy) is 1. The highest BCUT2D eigenvalue weighted by Crippen LogP contribution is 2.18. The van der Waals surface area contributed by atoms with Gasteiger partial charge in [0.15, 0.2) is 0 Å². The fourth-order valence-electron chi connectivity index (χ4n) is 1.72. The van der Waals surface area contributed by atoms with E-state index in [4.69, 9.17) is 9.15 Å². The molecule has 2 unspecified atom stereocenters. The number of aliphatic hydroxyl groups excluding tert-OH is 1. The number of hydrogen-bond acceptors (Lipinski definition) is 6. The van der Waals surface area contributed by atoms with Crippen molar-refractivity contribution >= 4 is 11.3 Å². The molecule has 6 heteroatoms. The van der Waals surface area contributed by atoms with E-state index in [1.807, 2.05) is 32.2 Å². The van der Waals surface area contributed by atoms with Crippen LogP contribution in [0.15, 0.2) is 29.0 Å². The first-order valence-corrected chi connectivity index (χ1v) is 7.40. The average Bonchev–Trinajstić information content (AvgIpc) is 3.07. The standard InChI is InChI=1S/C14H20N2O3S/c1-10-6-16-14(20-10)11(2)15-7-12(17)8-18-9-13-4-3-5-19-13/h3-6,11-12,15,17H,7-9H2,1-2H3. The Bertz CT molecular complexity index is 498. The molecular weight excluding hydrogens is 276 g/mol. The molecule has 2 atom stereocenters. The van der Waals surface area contributed by atoms with Crippen molar-refractivity contribution in [1.82, 2.24) is 10.3 Å². The SMILES string of the molecule is Cc1cnc(C(C)NCC(O)COCc2ccco2)s1. The lowest BCUT2D eigenvalue weighted by atomic mass is 10.3. The van der Waals surface area contributed by atoms with Crippen molar-refractivity contribution in [3.8, 4) is 0 Å². The van der Waals surface area contributed by atoms with Crippen LogP contribution in [0.2, 0.25) is 0 Å². The maximum atomic E-state index is 9.84. The van der Waals surface area contributed by atoms with Gasteiger partial charge in [0.2, 0.25) is 0 Å². The first-order valence-electron chi connectivity index (χ1n) is 6.59. The van der Waals surface area contributed by atoms with Crippen molar-refractivity contribution < 1.29 is 14.3 Å². The molecule has 2 aromatic heterocycles. The van der Waals surface area contributed by atoms with Crippen LogP contribution >= 0.6 is 11.3 Å². The number of rotatable bonds is 8. The van der Waals surface area contributed by atoms with Gasteiger partial charge < -0.3 is 19.6 Å². The molecule has 0 saturated carbocycles. The lowest BCUT2D eigenvalue weighted by Gasteiger charge is -2.15. The number of furan rings is 1. The highest BCUT2D eigenvalue weighted by atomic mass is 32.1. The minimum absolute atomic E-state index is 0.133. The minimum atomic E-state index is -0.548. The number of nitrogens with zero attached hydrogens (tertiary/aromatic N) is 1. The van der Waals surface area contributed by atoms with Crippen molar-refractivity contribution in [2.75, 3.05) is 13.2 Å². The van der Waals surface area contributed by atoms with Gasteiger partial charge in [0.1, 0.15) is 17.4 Å². The van der Waals surface area contributed by atoms with E-state index < -0.39 is 6.10 Å². The van der Waals surface area contributed by atoms with Gasteiger partial charge in [0.05, 0.1) is 25.0 Å². The maximum Gasteiger partial charge on any atom is 0.129 e. The Morgan fingerprint density at radius 3 is 3.05 bits per heavy atom. The highest BCUT2D eigenvalue weighted by Gasteiger charge is 2.11. The fourth-order valence-corrected chi connectivity index (χ4v) is 2.52. The summed E-state index contributed by atoms with van der Waals surface area (Å²) in [6, 6.07) is 3.79. The Kier molecular flexibility index (Phi) is 5.72. The van der Waals surface area contributed by atoms with E-state index in [0.717, 1.165) is 10.8 Å². The number of hydrogen-bond donors (Lipinski definition) is 2. The van der Waals surface area contributed by atoms with E-state index in [1.165, 1.54) is 4.88 Å². The summed E-state index contributed by atoms with van der Waals surface area (Å²) >= 11 is 1.66. The number of nitrogens with one attached hydrogen (secondary N) is 1. The van der Waals surface area contributed by atoms with Crippen LogP contribution in [0.5, 0.6) is 0 Å². The summed E-state index contributed by atoms with van der Waals surface area (Å²) in [6.07, 6.45) is 2.92. The zero-order chi connectivity index (χ0) is 14.4. The zero-order valence-electron chi connectivity index (χ0n) is 11.7. The molecule has 2 heterocycles. The van der Waals surface area contributed by atoms with E-state index in [2.05, 4.69) is 10.3 Å². The van der Waals surface area contributed by atoms with Crippen molar-refractivity contribution in [3.63, 3.8) is 0 Å². The molecule has 0 amide bonds. The normalized spacial score (nSPS) is 14.3. The molecule has 0 aromatic carbocycles. The van der Waals surface area contributed by atoms with Crippen molar-refractivity contribution in [2.45, 2.75) is 32.6 Å². The van der Waals surface area contributed by atoms with Crippen LogP contribution in [0.4, 0.5) is 0 Å². The van der Waals surface area contributed by atoms with Gasteiger partial charge in [-0.1, -0.05) is 0 Å². The van der Waals surface area contributed by atoms with Crippen LogP contribution in [-0.2, 0) is 11.3 Å². The summed E-state index contributed by atoms with van der Waals surface area (Å²) in [5, 5.41) is 14.1. The third kappa shape index (κ3) is 4.72. The summed E-state index contributed by atoms with van der Waals surface area (Å²) in [6.45, 7) is 5.19. The van der Waals surface area contributed by atoms with Crippen LogP contribution in [-0.4, -0.2) is 29.3 Å². The summed E-state index contributed by atoms with van der Waals surface area (Å²) in [7, 11) is 0. The van der Waals surface area contributed by atoms with Gasteiger partial charge in [-0.3, -0.25) is 0 Å². The molecular formula is C14H20N2O3S. The molecule has 2 rings (SSSR count). The lowest BCUT2D eigenvalue weighted by molar-refractivity contribution is 0.0217. The second-order valence-corrected chi connectivity index (χ2v) is 5.95. The van der Waals surface area contributed by atoms with Gasteiger partial charge in [-0.15, -0.1) is 11.3 Å². The Morgan fingerprint density at radius 2 is 2.40 bits per heavy atom. The van der Waals surface area contributed by atoms with Crippen molar-refractivity contribution in [1.29, 1.82) is 0 Å². The topological polar surface area (TPSA) is 67.5 Å². The molecule has 0 aliphatic heterocycles. The molecule has 0 spiro atoms. The van der Waals surface area contributed by atoms with Crippen LogP contribution in [0.1, 0.15) is 28.6 Å². The van der Waals surface area contributed by atoms with Crippen molar-refractivity contribution in [2.24, 2.45) is 0 Å². The molecule has 5 nitrogen and oxygen atoms in total. The van der Waals surface area contributed by atoms with Crippen molar-refractivity contribution in [3.05, 3.63) is 40.2 Å². The maximum absolute atomic E-state index is 9.84. The van der Waals surface area contributed by atoms with E-state index >= 15 is 0 Å². The van der Waals surface area contributed by atoms with Crippen LogP contribution in [0.3, 0.4) is 0 Å². The van der Waals surface area contributed by atoms with Gasteiger partial charge >= 0.3 is 0 Å². The molecule has 110 valence electrons. The summed E-state index contributed by atoms with van der Waals surface area (Å²) in [5.41, 5.74) is 0. The Labute approximate surface area is 122 Å². The smallest absolute Gasteiger partial charge is 0.129 e. The zero-order valence-corrected chi connectivity index (χ0v) is 12.5. The third-order valence-corrected chi connectivity index (χ3v) is 3.90. The van der Waals surface area contributed by atoms with Gasteiger partial charge in [-0.2, -0.15) is 0 Å². The molecule has 2 N–H and O–H groups in total. The van der Waals surface area contributed by atoms with E-state index in [9.17, 15) is 5.11 Å². The summed E-state index contributed by atoms with van der Waals surface area (Å²) in [5.74, 6) is 0.761. The molecule has 0 fully saturated rings. The molecule has 0 bridgehead atoms. The number of aliphatic hydroxyl groups is 1. The van der Waals surface area contributed by atoms with Gasteiger partial charge in [0, 0.05) is 17.6 Å². The molecule has 0 aliphatic rings. The van der Waals surface area contributed by atoms with E-state index in [0.29, 0.717) is 13.2 Å². The molecule has 0 aliphatic carbocycles. The predicted molar refractivity (Wildman–Crippen MR) is 77.6 cm³/mol. The lowest BCUT2D eigenvalue weighted by Crippen LogP contribution is -2.32. The van der Waals surface area contributed by atoms with E-state index in [1.54, 1.807) is 17.6 Å². The number of aryl methyl sites for hydroxylation is 1. The second kappa shape index (κ2) is 7.54. The molecule has 0 saturated heterocycles. The number of thiazole rings is 1. The molecule has 0 radical (unpaired) electrons. The summed E-state index contributed by atoms with van der Waals surface area (Å²) in [4.78, 5) is 5.51. The van der Waals surface area contributed by atoms with Gasteiger partial charge in [-0.05, 0) is 26.0 Å². The Balaban J connectivity index is 1.63. The van der Waals surface area contributed by atoms with Crippen LogP contribution in [0, 0.1) is 6.92 Å². The van der Waals surface area contributed by atoms with Crippen LogP contribution in [0.25, 0.3) is 0 Å². The number of aromatic nitrogens is 1. The first-order chi connectivity index (χ1) is 9.65. The second-order valence-electron chi connectivity index (χ2n) is 4.69. The minimum Gasteiger partial charge on any atom is -0.467 e. The predicted octanol–water partition coefficient (Wildman–Crippen LogP) is 2.27. The third-order valence-electron chi connectivity index (χ3n) is 2.80. The van der Waals surface area contributed by atoms with Gasteiger partial charge in [0.25, 0.3) is 0 Å². The molecule has 20 heavy (non-hydrogen) atoms. The Hall–Kier alpha value is -1.21. The monoisotopic (exact) mass is 296 g/mol. The average molecular weight is 296 g/mol. The molecule has 2 aromatic rings. The largest absolute Gasteiger partial charge is 0.467 e. The van der Waals surface area contributed by atoms with Crippen LogP contribution < -0.4 is 5.32 Å². The van der Waals surface area contributed by atoms with E-state index in [-0.39, 0.29) is 12.6 Å². The quantitative estimate of drug-likeness (QED) is 0.782.